The van der Waals surface area contributed by atoms with Crippen molar-refractivity contribution in [1.82, 2.24) is 15.5 Å². The Kier molecular flexibility index (Phi) is 7.37. The quantitative estimate of drug-likeness (QED) is 0.539. The third-order valence-corrected chi connectivity index (χ3v) is 4.55. The van der Waals surface area contributed by atoms with Gasteiger partial charge in [0.25, 0.3) is 5.89 Å². The summed E-state index contributed by atoms with van der Waals surface area (Å²) in [5, 5.41) is 6.77. The van der Waals surface area contributed by atoms with E-state index in [-0.39, 0.29) is 18.3 Å². The SMILES string of the molecule is CC(=O)OC(c1noc(-c2ccccc2)n1)[C@@H](NC(=O)OCc1ccccc1)C(C)C. The first-order valence-electron chi connectivity index (χ1n) is 9.97. The van der Waals surface area contributed by atoms with Crippen LogP contribution in [0.15, 0.2) is 65.2 Å². The molecule has 1 aromatic heterocycles. The number of carbonyl (C=O) groups excluding carboxylic acids is 2. The molecule has 2 atom stereocenters. The number of ether oxygens (including phenoxy) is 2. The fourth-order valence-corrected chi connectivity index (χ4v) is 3.01. The Bertz CT molecular complexity index is 989. The average molecular weight is 423 g/mol. The van der Waals surface area contributed by atoms with Crippen LogP contribution in [0.1, 0.15) is 38.3 Å². The minimum atomic E-state index is -0.942. The average Bonchev–Trinajstić information content (AvgIpc) is 3.26. The van der Waals surface area contributed by atoms with Crippen LogP contribution in [-0.4, -0.2) is 28.2 Å². The molecule has 0 saturated heterocycles. The van der Waals surface area contributed by atoms with Crippen LogP contribution < -0.4 is 5.32 Å². The number of esters is 1. The number of benzene rings is 2. The van der Waals surface area contributed by atoms with Crippen LogP contribution in [0.3, 0.4) is 0 Å². The van der Waals surface area contributed by atoms with E-state index in [9.17, 15) is 9.59 Å². The Labute approximate surface area is 180 Å². The number of aromatic nitrogens is 2. The van der Waals surface area contributed by atoms with E-state index < -0.39 is 24.2 Å². The molecule has 3 aromatic rings. The zero-order valence-electron chi connectivity index (χ0n) is 17.6. The molecule has 162 valence electrons. The Hall–Kier alpha value is -3.68. The van der Waals surface area contributed by atoms with Gasteiger partial charge in [0.2, 0.25) is 5.82 Å². The summed E-state index contributed by atoms with van der Waals surface area (Å²) < 4.78 is 16.2. The van der Waals surface area contributed by atoms with Crippen molar-refractivity contribution >= 4 is 12.1 Å². The van der Waals surface area contributed by atoms with Gasteiger partial charge in [-0.3, -0.25) is 4.79 Å². The first-order chi connectivity index (χ1) is 14.9. The van der Waals surface area contributed by atoms with Crippen molar-refractivity contribution in [3.63, 3.8) is 0 Å². The maximum atomic E-state index is 12.4. The van der Waals surface area contributed by atoms with Crippen molar-refractivity contribution in [3.05, 3.63) is 72.1 Å². The second-order valence-electron chi connectivity index (χ2n) is 7.33. The maximum absolute atomic E-state index is 12.4. The number of carbonyl (C=O) groups is 2. The maximum Gasteiger partial charge on any atom is 0.407 e. The predicted octanol–water partition coefficient (Wildman–Crippen LogP) is 4.29. The molecule has 3 rings (SSSR count). The zero-order chi connectivity index (χ0) is 22.2. The summed E-state index contributed by atoms with van der Waals surface area (Å²) in [5.74, 6) is -0.188. The van der Waals surface area contributed by atoms with Gasteiger partial charge in [0.05, 0.1) is 6.04 Å². The molecule has 0 bridgehead atoms. The van der Waals surface area contributed by atoms with E-state index in [1.54, 1.807) is 0 Å². The number of alkyl carbamates (subject to hydrolysis) is 1. The summed E-state index contributed by atoms with van der Waals surface area (Å²) in [5.41, 5.74) is 1.60. The lowest BCUT2D eigenvalue weighted by atomic mass is 9.98. The van der Waals surface area contributed by atoms with Gasteiger partial charge in [0, 0.05) is 12.5 Å². The van der Waals surface area contributed by atoms with E-state index in [0.29, 0.717) is 5.89 Å². The van der Waals surface area contributed by atoms with Crippen LogP contribution in [0.5, 0.6) is 0 Å². The van der Waals surface area contributed by atoms with Gasteiger partial charge < -0.3 is 19.3 Å². The highest BCUT2D eigenvalue weighted by Gasteiger charge is 2.34. The van der Waals surface area contributed by atoms with Crippen molar-refractivity contribution < 1.29 is 23.6 Å². The van der Waals surface area contributed by atoms with Gasteiger partial charge in [-0.15, -0.1) is 0 Å². The Morgan fingerprint density at radius 2 is 1.68 bits per heavy atom. The number of amides is 1. The molecule has 1 amide bonds. The lowest BCUT2D eigenvalue weighted by Gasteiger charge is -2.28. The molecule has 8 heteroatoms. The van der Waals surface area contributed by atoms with Gasteiger partial charge in [-0.25, -0.2) is 4.79 Å². The molecule has 0 radical (unpaired) electrons. The van der Waals surface area contributed by atoms with E-state index in [4.69, 9.17) is 14.0 Å². The molecule has 0 aliphatic carbocycles. The van der Waals surface area contributed by atoms with E-state index in [0.717, 1.165) is 11.1 Å². The van der Waals surface area contributed by atoms with Gasteiger partial charge in [0.15, 0.2) is 6.10 Å². The van der Waals surface area contributed by atoms with E-state index in [2.05, 4.69) is 15.5 Å². The summed E-state index contributed by atoms with van der Waals surface area (Å²) >= 11 is 0. The summed E-state index contributed by atoms with van der Waals surface area (Å²) in [6.07, 6.45) is -1.57. The van der Waals surface area contributed by atoms with Crippen molar-refractivity contribution in [3.8, 4) is 11.5 Å². The van der Waals surface area contributed by atoms with Gasteiger partial charge in [0.1, 0.15) is 6.61 Å². The molecule has 0 spiro atoms. The topological polar surface area (TPSA) is 104 Å². The summed E-state index contributed by atoms with van der Waals surface area (Å²) in [6.45, 7) is 5.18. The van der Waals surface area contributed by atoms with Gasteiger partial charge in [-0.05, 0) is 23.6 Å². The molecule has 2 aromatic carbocycles. The molecule has 0 fully saturated rings. The summed E-state index contributed by atoms with van der Waals surface area (Å²) in [6, 6.07) is 17.9. The van der Waals surface area contributed by atoms with Crippen molar-refractivity contribution in [2.75, 3.05) is 0 Å². The van der Waals surface area contributed by atoms with E-state index >= 15 is 0 Å². The highest BCUT2D eigenvalue weighted by Crippen LogP contribution is 2.27. The predicted molar refractivity (Wildman–Crippen MR) is 113 cm³/mol. The van der Waals surface area contributed by atoms with E-state index in [1.165, 1.54) is 6.92 Å². The third kappa shape index (κ3) is 6.15. The number of nitrogens with one attached hydrogen (secondary N) is 1. The third-order valence-electron chi connectivity index (χ3n) is 4.55. The minimum Gasteiger partial charge on any atom is -0.452 e. The second-order valence-corrected chi connectivity index (χ2v) is 7.33. The number of hydrogen-bond donors (Lipinski definition) is 1. The molecule has 1 N–H and O–H groups in total. The zero-order valence-corrected chi connectivity index (χ0v) is 17.6. The molecule has 8 nitrogen and oxygen atoms in total. The number of hydrogen-bond acceptors (Lipinski definition) is 7. The Morgan fingerprint density at radius 3 is 2.29 bits per heavy atom. The van der Waals surface area contributed by atoms with E-state index in [1.807, 2.05) is 74.5 Å². The molecular formula is C23H25N3O5. The van der Waals surface area contributed by atoms with Crippen LogP contribution in [0.2, 0.25) is 0 Å². The van der Waals surface area contributed by atoms with Crippen molar-refractivity contribution in [2.24, 2.45) is 5.92 Å². The van der Waals surface area contributed by atoms with Crippen molar-refractivity contribution in [1.29, 1.82) is 0 Å². The lowest BCUT2D eigenvalue weighted by Crippen LogP contribution is -2.44. The Balaban J connectivity index is 1.77. The Morgan fingerprint density at radius 1 is 1.03 bits per heavy atom. The van der Waals surface area contributed by atoms with Crippen LogP contribution in [0.4, 0.5) is 4.79 Å². The first kappa shape index (κ1) is 22.0. The summed E-state index contributed by atoms with van der Waals surface area (Å²) in [4.78, 5) is 28.6. The standard InChI is InChI=1S/C23H25N3O5/c1-15(2)19(24-23(28)29-14-17-10-6-4-7-11-17)20(30-16(3)27)21-25-22(31-26-21)18-12-8-5-9-13-18/h4-13,15,19-20H,14H2,1-3H3,(H,24,28)/t19-,20?/m0/s1. The van der Waals surface area contributed by atoms with Crippen LogP contribution in [0.25, 0.3) is 11.5 Å². The molecule has 1 heterocycles. The van der Waals surface area contributed by atoms with Gasteiger partial charge in [-0.1, -0.05) is 67.5 Å². The minimum absolute atomic E-state index is 0.118. The largest absolute Gasteiger partial charge is 0.452 e. The molecule has 1 unspecified atom stereocenters. The second kappa shape index (κ2) is 10.4. The summed E-state index contributed by atoms with van der Waals surface area (Å²) in [7, 11) is 0. The van der Waals surface area contributed by atoms with Crippen LogP contribution >= 0.6 is 0 Å². The highest BCUT2D eigenvalue weighted by atomic mass is 16.6. The number of rotatable bonds is 8. The smallest absolute Gasteiger partial charge is 0.407 e. The monoisotopic (exact) mass is 423 g/mol. The molecule has 0 aliphatic heterocycles. The first-order valence-corrected chi connectivity index (χ1v) is 9.97. The van der Waals surface area contributed by atoms with Crippen molar-refractivity contribution in [2.45, 2.75) is 39.5 Å². The highest BCUT2D eigenvalue weighted by molar-refractivity contribution is 5.68. The molecular weight excluding hydrogens is 398 g/mol. The fraction of sp³-hybridized carbons (Fsp3) is 0.304. The van der Waals surface area contributed by atoms with Crippen LogP contribution in [-0.2, 0) is 20.9 Å². The van der Waals surface area contributed by atoms with Gasteiger partial charge in [-0.2, -0.15) is 4.98 Å². The lowest BCUT2D eigenvalue weighted by molar-refractivity contribution is -0.149. The van der Waals surface area contributed by atoms with Crippen LogP contribution in [0, 0.1) is 5.92 Å². The number of nitrogens with zero attached hydrogens (tertiary/aromatic N) is 2. The fourth-order valence-electron chi connectivity index (χ4n) is 3.01. The molecule has 31 heavy (non-hydrogen) atoms. The van der Waals surface area contributed by atoms with Gasteiger partial charge >= 0.3 is 12.1 Å². The normalized spacial score (nSPS) is 12.8. The molecule has 0 saturated carbocycles. The molecule has 0 aliphatic rings.